The molecule has 0 amide bonds. The van der Waals surface area contributed by atoms with Gasteiger partial charge in [-0.05, 0) is 50.3 Å². The summed E-state index contributed by atoms with van der Waals surface area (Å²) in [5, 5.41) is 4.20. The van der Waals surface area contributed by atoms with E-state index < -0.39 is 0 Å². The highest BCUT2D eigenvalue weighted by atomic mass is 15.0. The number of allylic oxidation sites excluding steroid dienone is 2. The zero-order valence-corrected chi connectivity index (χ0v) is 14.0. The van der Waals surface area contributed by atoms with Crippen molar-refractivity contribution >= 4 is 22.4 Å². The molecule has 1 aromatic heterocycles. The molecule has 0 bridgehead atoms. The van der Waals surface area contributed by atoms with Crippen LogP contribution in [0.5, 0.6) is 0 Å². The molecule has 1 aromatic carbocycles. The van der Waals surface area contributed by atoms with Crippen molar-refractivity contribution < 1.29 is 1.43 Å². The van der Waals surface area contributed by atoms with E-state index in [1.807, 2.05) is 45.1 Å². The molecule has 0 spiro atoms. The van der Waals surface area contributed by atoms with Crippen LogP contribution >= 0.6 is 0 Å². The fourth-order valence-electron chi connectivity index (χ4n) is 1.94. The Morgan fingerprint density at radius 3 is 2.59 bits per heavy atom. The van der Waals surface area contributed by atoms with E-state index in [9.17, 15) is 0 Å². The average molecular weight is 296 g/mol. The summed E-state index contributed by atoms with van der Waals surface area (Å²) in [7, 11) is 1.71. The smallest absolute Gasteiger partial charge is 0.131 e. The number of nitrogens with one attached hydrogen (secondary N) is 1. The van der Waals surface area contributed by atoms with Crippen LogP contribution < -0.4 is 5.32 Å². The van der Waals surface area contributed by atoms with E-state index in [0.717, 1.165) is 10.9 Å². The van der Waals surface area contributed by atoms with Crippen LogP contribution in [0.1, 0.15) is 27.8 Å². The Labute approximate surface area is 135 Å². The van der Waals surface area contributed by atoms with E-state index >= 15 is 0 Å². The molecule has 3 nitrogen and oxygen atoms in total. The van der Waals surface area contributed by atoms with Gasteiger partial charge >= 0.3 is 0 Å². The molecule has 22 heavy (non-hydrogen) atoms. The fraction of sp³-hybridized carbons (Fsp3) is 0.263. The number of hydrogen-bond acceptors (Lipinski definition) is 3. The average Bonchev–Trinajstić information content (AvgIpc) is 2.54. The van der Waals surface area contributed by atoms with E-state index in [1.54, 1.807) is 7.05 Å². The van der Waals surface area contributed by atoms with Crippen molar-refractivity contribution in [2.45, 2.75) is 27.7 Å². The van der Waals surface area contributed by atoms with E-state index in [2.05, 4.69) is 40.4 Å². The number of hydrogen-bond donors (Lipinski definition) is 1. The van der Waals surface area contributed by atoms with Crippen molar-refractivity contribution in [3.05, 3.63) is 60.3 Å². The Bertz CT molecular complexity index is 703. The number of anilines is 1. The Kier molecular flexibility index (Phi) is 7.03. The number of aromatic nitrogens is 1. The second-order valence-corrected chi connectivity index (χ2v) is 4.54. The summed E-state index contributed by atoms with van der Waals surface area (Å²) in [6, 6.07) is 10.1. The topological polar surface area (TPSA) is 37.3 Å². The lowest BCUT2D eigenvalue weighted by Crippen LogP contribution is -2.09. The largest absolute Gasteiger partial charge is 0.338 e. The predicted octanol–water partition coefficient (Wildman–Crippen LogP) is 5.19. The van der Waals surface area contributed by atoms with E-state index in [1.165, 1.54) is 5.56 Å². The van der Waals surface area contributed by atoms with E-state index in [0.29, 0.717) is 17.2 Å². The van der Waals surface area contributed by atoms with Crippen LogP contribution in [0.3, 0.4) is 0 Å². The summed E-state index contributed by atoms with van der Waals surface area (Å²) in [5.41, 5.74) is 3.33. The molecule has 1 radical (unpaired) electrons. The molecule has 0 fully saturated rings. The first-order valence-corrected chi connectivity index (χ1v) is 7.50. The molecule has 0 saturated heterocycles. The van der Waals surface area contributed by atoms with Gasteiger partial charge in [0.25, 0.3) is 0 Å². The lowest BCUT2D eigenvalue weighted by atomic mass is 10.1. The summed E-state index contributed by atoms with van der Waals surface area (Å²) >= 11 is 0. The summed E-state index contributed by atoms with van der Waals surface area (Å²) in [6.45, 7) is 14.0. The van der Waals surface area contributed by atoms with Gasteiger partial charge in [-0.25, -0.2) is 4.98 Å². The molecule has 3 heteroatoms. The van der Waals surface area contributed by atoms with E-state index in [-0.39, 0.29) is 1.43 Å². The standard InChI is InChI=1S/C17H18N3.C2H6.H2/c1-5-6-15(18-4)13(3)19-17-10-9-14-8-7-12(2)11-16(14)20-17;1-2;/h3,5-11H,1-2,4H3,(H,19,20);1-2H3;1H/b6-5-,13-3?,18-15?;;. The fourth-order valence-corrected chi connectivity index (χ4v) is 1.94. The van der Waals surface area contributed by atoms with Crippen LogP contribution in [0.4, 0.5) is 5.82 Å². The lowest BCUT2D eigenvalue weighted by molar-refractivity contribution is 1.33. The molecule has 0 aliphatic carbocycles. The Morgan fingerprint density at radius 1 is 1.27 bits per heavy atom. The van der Waals surface area contributed by atoms with Gasteiger partial charge < -0.3 is 5.32 Å². The number of fused-ring (bicyclic) bond motifs is 1. The SMILES string of the molecule is CC.[CH]=C(Nc1ccc2ccc(C)cc2n1)C(/C=C\C)=NC.[HH]. The zero-order chi connectivity index (χ0) is 16.5. The minimum absolute atomic E-state index is 0. The first kappa shape index (κ1) is 17.6. The van der Waals surface area contributed by atoms with Crippen molar-refractivity contribution in [1.82, 2.24) is 4.98 Å². The molecule has 0 saturated carbocycles. The Hall–Kier alpha value is -2.42. The first-order valence-electron chi connectivity index (χ1n) is 7.50. The number of benzene rings is 1. The summed E-state index contributed by atoms with van der Waals surface area (Å²) in [5.74, 6) is 0.714. The molecule has 2 rings (SSSR count). The summed E-state index contributed by atoms with van der Waals surface area (Å²) in [4.78, 5) is 8.69. The van der Waals surface area contributed by atoms with Crippen molar-refractivity contribution in [2.75, 3.05) is 12.4 Å². The molecular formula is C19H26N3. The van der Waals surface area contributed by atoms with Gasteiger partial charge in [0.15, 0.2) is 0 Å². The van der Waals surface area contributed by atoms with Gasteiger partial charge in [0.2, 0.25) is 0 Å². The maximum absolute atomic E-state index is 6.00. The quantitative estimate of drug-likeness (QED) is 0.788. The molecule has 2 aromatic rings. The minimum atomic E-state index is 0. The van der Waals surface area contributed by atoms with Crippen LogP contribution in [-0.2, 0) is 0 Å². The van der Waals surface area contributed by atoms with Gasteiger partial charge in [-0.3, -0.25) is 4.99 Å². The van der Waals surface area contributed by atoms with Crippen molar-refractivity contribution in [1.29, 1.82) is 0 Å². The maximum atomic E-state index is 6.00. The molecule has 1 heterocycles. The van der Waals surface area contributed by atoms with E-state index in [4.69, 9.17) is 6.58 Å². The Morgan fingerprint density at radius 2 is 1.95 bits per heavy atom. The molecule has 1 N–H and O–H groups in total. The Balaban J connectivity index is 0.00000155. The molecule has 0 aliphatic rings. The number of nitrogens with zero attached hydrogens (tertiary/aromatic N) is 2. The zero-order valence-electron chi connectivity index (χ0n) is 14.0. The predicted molar refractivity (Wildman–Crippen MR) is 99.6 cm³/mol. The number of pyridine rings is 1. The van der Waals surface area contributed by atoms with Crippen LogP contribution in [-0.4, -0.2) is 17.7 Å². The van der Waals surface area contributed by atoms with Gasteiger partial charge in [-0.2, -0.15) is 0 Å². The third-order valence-corrected chi connectivity index (χ3v) is 2.95. The number of rotatable bonds is 4. The van der Waals surface area contributed by atoms with Crippen LogP contribution in [0, 0.1) is 13.5 Å². The van der Waals surface area contributed by atoms with Crippen LogP contribution in [0.25, 0.3) is 10.9 Å². The van der Waals surface area contributed by atoms with Gasteiger partial charge in [-0.15, -0.1) is 0 Å². The normalized spacial score (nSPS) is 11.2. The third-order valence-electron chi connectivity index (χ3n) is 2.95. The molecule has 0 unspecified atom stereocenters. The second-order valence-electron chi connectivity index (χ2n) is 4.54. The van der Waals surface area contributed by atoms with Crippen molar-refractivity contribution in [2.24, 2.45) is 4.99 Å². The number of aryl methyl sites for hydroxylation is 1. The van der Waals surface area contributed by atoms with Crippen LogP contribution in [0.15, 0.2) is 53.2 Å². The first-order chi connectivity index (χ1) is 10.6. The van der Waals surface area contributed by atoms with Gasteiger partial charge in [0, 0.05) is 13.9 Å². The number of aliphatic imine (C=N–C) groups is 1. The molecular weight excluding hydrogens is 270 g/mol. The highest BCUT2D eigenvalue weighted by Crippen LogP contribution is 2.17. The summed E-state index contributed by atoms with van der Waals surface area (Å²) < 4.78 is 0. The van der Waals surface area contributed by atoms with Gasteiger partial charge in [0.05, 0.1) is 16.9 Å². The minimum Gasteiger partial charge on any atom is -0.338 e. The highest BCUT2D eigenvalue weighted by molar-refractivity contribution is 6.09. The monoisotopic (exact) mass is 296 g/mol. The van der Waals surface area contributed by atoms with Gasteiger partial charge in [-0.1, -0.05) is 32.1 Å². The van der Waals surface area contributed by atoms with Crippen molar-refractivity contribution in [3.63, 3.8) is 0 Å². The van der Waals surface area contributed by atoms with Gasteiger partial charge in [0.1, 0.15) is 5.82 Å². The molecule has 0 atom stereocenters. The summed E-state index contributed by atoms with van der Waals surface area (Å²) in [6.07, 6.45) is 3.75. The lowest BCUT2D eigenvalue weighted by Gasteiger charge is -2.09. The maximum Gasteiger partial charge on any atom is 0.131 e. The van der Waals surface area contributed by atoms with Crippen molar-refractivity contribution in [3.8, 4) is 0 Å². The second kappa shape index (κ2) is 8.78. The third kappa shape index (κ3) is 4.55. The highest BCUT2D eigenvalue weighted by Gasteiger charge is 2.03. The van der Waals surface area contributed by atoms with Crippen LogP contribution in [0.2, 0.25) is 0 Å². The molecule has 0 aliphatic heterocycles. The molecule has 117 valence electrons.